The molecule has 0 aliphatic carbocycles. The molecule has 2 N–H and O–H groups in total. The van der Waals surface area contributed by atoms with E-state index in [-0.39, 0.29) is 5.03 Å². The van der Waals surface area contributed by atoms with E-state index in [0.29, 0.717) is 11.0 Å². The molecule has 0 fully saturated rings. The largest absolute Gasteiger partial charge is 0.257 e. The zero-order valence-electron chi connectivity index (χ0n) is 7.08. The van der Waals surface area contributed by atoms with E-state index in [0.717, 1.165) is 6.20 Å². The van der Waals surface area contributed by atoms with Crippen molar-refractivity contribution in [3.63, 3.8) is 0 Å². The second-order valence-corrected chi connectivity index (χ2v) is 4.25. The molecule has 0 saturated carbocycles. The van der Waals surface area contributed by atoms with E-state index in [2.05, 4.69) is 9.97 Å². The normalized spacial score (nSPS) is 11.8. The molecule has 0 bridgehead atoms. The van der Waals surface area contributed by atoms with Gasteiger partial charge in [0, 0.05) is 0 Å². The van der Waals surface area contributed by atoms with Gasteiger partial charge in [0.15, 0.2) is 5.03 Å². The molecule has 0 saturated heterocycles. The quantitative estimate of drug-likeness (QED) is 0.730. The Kier molecular flexibility index (Phi) is 1.94. The summed E-state index contributed by atoms with van der Waals surface area (Å²) in [5.41, 5.74) is 1.15. The standard InChI is InChI=1S/C8H7N3O2S/c9-14(12,13)8-5-10-6-3-1-2-4-7(6)11-8/h1-5H,(H2,9,12,13). The van der Waals surface area contributed by atoms with E-state index in [1.165, 1.54) is 0 Å². The second-order valence-electron chi connectivity index (χ2n) is 2.74. The molecule has 2 rings (SSSR count). The molecule has 0 radical (unpaired) electrons. The third-order valence-corrected chi connectivity index (χ3v) is 2.50. The Morgan fingerprint density at radius 1 is 1.14 bits per heavy atom. The summed E-state index contributed by atoms with van der Waals surface area (Å²) in [5.74, 6) is 0. The van der Waals surface area contributed by atoms with Crippen LogP contribution in [0.4, 0.5) is 0 Å². The van der Waals surface area contributed by atoms with Gasteiger partial charge in [0.1, 0.15) is 0 Å². The van der Waals surface area contributed by atoms with Crippen molar-refractivity contribution in [2.45, 2.75) is 5.03 Å². The summed E-state index contributed by atoms with van der Waals surface area (Å²) >= 11 is 0. The summed E-state index contributed by atoms with van der Waals surface area (Å²) in [5, 5.41) is 4.71. The first kappa shape index (κ1) is 9.04. The number of nitrogens with zero attached hydrogens (tertiary/aromatic N) is 2. The Labute approximate surface area is 80.7 Å². The fourth-order valence-electron chi connectivity index (χ4n) is 1.08. The summed E-state index contributed by atoms with van der Waals surface area (Å²) < 4.78 is 21.9. The van der Waals surface area contributed by atoms with Crippen LogP contribution < -0.4 is 5.14 Å². The van der Waals surface area contributed by atoms with Crippen molar-refractivity contribution in [3.8, 4) is 0 Å². The van der Waals surface area contributed by atoms with Crippen LogP contribution in [0.25, 0.3) is 11.0 Å². The summed E-state index contributed by atoms with van der Waals surface area (Å²) in [6, 6.07) is 6.98. The third-order valence-electron chi connectivity index (χ3n) is 1.72. The summed E-state index contributed by atoms with van der Waals surface area (Å²) in [7, 11) is -3.77. The van der Waals surface area contributed by atoms with Gasteiger partial charge in [-0.05, 0) is 12.1 Å². The third kappa shape index (κ3) is 1.57. The first-order chi connectivity index (χ1) is 6.57. The Bertz CT molecular complexity index is 580. The topological polar surface area (TPSA) is 85.9 Å². The number of hydrogen-bond acceptors (Lipinski definition) is 4. The van der Waals surface area contributed by atoms with E-state index in [9.17, 15) is 8.42 Å². The fraction of sp³-hybridized carbons (Fsp3) is 0. The smallest absolute Gasteiger partial charge is 0.252 e. The van der Waals surface area contributed by atoms with Crippen molar-refractivity contribution < 1.29 is 8.42 Å². The molecule has 0 aliphatic rings. The van der Waals surface area contributed by atoms with Gasteiger partial charge < -0.3 is 0 Å². The van der Waals surface area contributed by atoms with Gasteiger partial charge in [-0.3, -0.25) is 4.98 Å². The van der Waals surface area contributed by atoms with Gasteiger partial charge in [-0.25, -0.2) is 18.5 Å². The highest BCUT2D eigenvalue weighted by atomic mass is 32.2. The van der Waals surface area contributed by atoms with E-state index < -0.39 is 10.0 Å². The van der Waals surface area contributed by atoms with Crippen LogP contribution in [0.1, 0.15) is 0 Å². The fourth-order valence-corrected chi connectivity index (χ4v) is 1.50. The molecule has 2 aromatic rings. The molecule has 1 aromatic heterocycles. The number of nitrogens with two attached hydrogens (primary N) is 1. The minimum absolute atomic E-state index is 0.212. The van der Waals surface area contributed by atoms with Crippen LogP contribution in [0.5, 0.6) is 0 Å². The lowest BCUT2D eigenvalue weighted by atomic mass is 10.3. The number of para-hydroxylation sites is 2. The highest BCUT2D eigenvalue weighted by Gasteiger charge is 2.10. The number of aromatic nitrogens is 2. The van der Waals surface area contributed by atoms with E-state index in [1.54, 1.807) is 24.3 Å². The van der Waals surface area contributed by atoms with E-state index in [4.69, 9.17) is 5.14 Å². The summed E-state index contributed by atoms with van der Waals surface area (Å²) in [6.45, 7) is 0. The second kappa shape index (κ2) is 3.00. The Morgan fingerprint density at radius 2 is 1.79 bits per heavy atom. The molecular weight excluding hydrogens is 202 g/mol. The maximum absolute atomic E-state index is 11.0. The first-order valence-corrected chi connectivity index (χ1v) is 5.36. The monoisotopic (exact) mass is 209 g/mol. The van der Waals surface area contributed by atoms with E-state index in [1.807, 2.05) is 0 Å². The van der Waals surface area contributed by atoms with Crippen LogP contribution in [-0.2, 0) is 10.0 Å². The molecule has 0 unspecified atom stereocenters. The van der Waals surface area contributed by atoms with Crippen molar-refractivity contribution >= 4 is 21.1 Å². The molecule has 0 spiro atoms. The Hall–Kier alpha value is -1.53. The van der Waals surface area contributed by atoms with Gasteiger partial charge in [-0.1, -0.05) is 12.1 Å². The molecule has 0 aliphatic heterocycles. The van der Waals surface area contributed by atoms with Crippen LogP contribution in [-0.4, -0.2) is 18.4 Å². The zero-order valence-corrected chi connectivity index (χ0v) is 7.90. The summed E-state index contributed by atoms with van der Waals surface area (Å²) in [4.78, 5) is 7.80. The maximum atomic E-state index is 11.0. The number of hydrogen-bond donors (Lipinski definition) is 1. The average molecular weight is 209 g/mol. The molecule has 0 atom stereocenters. The zero-order chi connectivity index (χ0) is 10.2. The SMILES string of the molecule is NS(=O)(=O)c1cnc2ccccc2n1. The molecule has 0 amide bonds. The number of primary sulfonamides is 1. The predicted octanol–water partition coefficient (Wildman–Crippen LogP) is 0.277. The molecule has 1 heterocycles. The number of rotatable bonds is 1. The van der Waals surface area contributed by atoms with Crippen molar-refractivity contribution in [2.75, 3.05) is 0 Å². The Balaban J connectivity index is 2.75. The lowest BCUT2D eigenvalue weighted by Crippen LogP contribution is -2.14. The summed E-state index contributed by atoms with van der Waals surface area (Å²) in [6.07, 6.45) is 1.15. The van der Waals surface area contributed by atoms with Crippen molar-refractivity contribution in [2.24, 2.45) is 5.14 Å². The molecule has 1 aromatic carbocycles. The molecular formula is C8H7N3O2S. The average Bonchev–Trinajstić information content (AvgIpc) is 2.16. The minimum Gasteiger partial charge on any atom is -0.252 e. The lowest BCUT2D eigenvalue weighted by Gasteiger charge is -1.98. The maximum Gasteiger partial charge on any atom is 0.257 e. The van der Waals surface area contributed by atoms with Crippen LogP contribution in [0.2, 0.25) is 0 Å². The number of benzene rings is 1. The van der Waals surface area contributed by atoms with Crippen molar-refractivity contribution in [1.82, 2.24) is 9.97 Å². The molecule has 72 valence electrons. The molecule has 14 heavy (non-hydrogen) atoms. The molecule has 6 heteroatoms. The van der Waals surface area contributed by atoms with Crippen LogP contribution >= 0.6 is 0 Å². The van der Waals surface area contributed by atoms with Crippen molar-refractivity contribution in [1.29, 1.82) is 0 Å². The van der Waals surface area contributed by atoms with Crippen LogP contribution in [0, 0.1) is 0 Å². The first-order valence-electron chi connectivity index (χ1n) is 3.82. The lowest BCUT2D eigenvalue weighted by molar-refractivity contribution is 0.594. The number of fused-ring (bicyclic) bond motifs is 1. The van der Waals surface area contributed by atoms with Crippen LogP contribution in [0.3, 0.4) is 0 Å². The highest BCUT2D eigenvalue weighted by molar-refractivity contribution is 7.89. The van der Waals surface area contributed by atoms with Crippen LogP contribution in [0.15, 0.2) is 35.5 Å². The number of sulfonamides is 1. The highest BCUT2D eigenvalue weighted by Crippen LogP contribution is 2.10. The van der Waals surface area contributed by atoms with Crippen molar-refractivity contribution in [3.05, 3.63) is 30.5 Å². The van der Waals surface area contributed by atoms with E-state index >= 15 is 0 Å². The van der Waals surface area contributed by atoms with Gasteiger partial charge in [-0.2, -0.15) is 0 Å². The Morgan fingerprint density at radius 3 is 2.43 bits per heavy atom. The molecule has 5 nitrogen and oxygen atoms in total. The van der Waals surface area contributed by atoms with Gasteiger partial charge in [-0.15, -0.1) is 0 Å². The van der Waals surface area contributed by atoms with Gasteiger partial charge >= 0.3 is 0 Å². The predicted molar refractivity (Wildman–Crippen MR) is 50.9 cm³/mol. The minimum atomic E-state index is -3.77. The van der Waals surface area contributed by atoms with Gasteiger partial charge in [0.05, 0.1) is 17.2 Å². The van der Waals surface area contributed by atoms with Gasteiger partial charge in [0.25, 0.3) is 10.0 Å². The van der Waals surface area contributed by atoms with Gasteiger partial charge in [0.2, 0.25) is 0 Å².